The Balaban J connectivity index is 2.02. The van der Waals surface area contributed by atoms with E-state index >= 15 is 0 Å². The summed E-state index contributed by atoms with van der Waals surface area (Å²) in [5, 5.41) is 4.04. The van der Waals surface area contributed by atoms with Crippen molar-refractivity contribution < 1.29 is 9.53 Å². The van der Waals surface area contributed by atoms with Gasteiger partial charge in [0.1, 0.15) is 6.04 Å². The lowest BCUT2D eigenvalue weighted by molar-refractivity contribution is -0.136. The Bertz CT molecular complexity index is 418. The van der Waals surface area contributed by atoms with Crippen molar-refractivity contribution in [2.75, 3.05) is 20.2 Å². The predicted molar refractivity (Wildman–Crippen MR) is 66.7 cm³/mol. The third-order valence-electron chi connectivity index (χ3n) is 3.37. The first kappa shape index (κ1) is 13.0. The maximum atomic E-state index is 12.3. The molecule has 1 aromatic rings. The molecule has 18 heavy (non-hydrogen) atoms. The van der Waals surface area contributed by atoms with E-state index in [1.54, 1.807) is 29.1 Å². The molecular weight excluding hydrogens is 232 g/mol. The van der Waals surface area contributed by atoms with Gasteiger partial charge in [0.2, 0.25) is 5.91 Å². The molecule has 2 unspecified atom stereocenters. The Morgan fingerprint density at radius 1 is 1.67 bits per heavy atom. The van der Waals surface area contributed by atoms with Crippen LogP contribution in [0, 0.1) is 0 Å². The zero-order valence-corrected chi connectivity index (χ0v) is 10.9. The van der Waals surface area contributed by atoms with Gasteiger partial charge in [-0.1, -0.05) is 0 Å². The number of carbonyl (C=O) groups excluding carboxylic acids is 1. The fourth-order valence-corrected chi connectivity index (χ4v) is 2.27. The van der Waals surface area contributed by atoms with Crippen LogP contribution in [0.25, 0.3) is 0 Å². The summed E-state index contributed by atoms with van der Waals surface area (Å²) < 4.78 is 6.96. The van der Waals surface area contributed by atoms with E-state index in [0.717, 1.165) is 24.9 Å². The first-order chi connectivity index (χ1) is 8.61. The Morgan fingerprint density at radius 2 is 2.44 bits per heavy atom. The maximum absolute atomic E-state index is 12.3. The van der Waals surface area contributed by atoms with Crippen molar-refractivity contribution in [3.63, 3.8) is 0 Å². The lowest BCUT2D eigenvalue weighted by atomic mass is 10.1. The molecule has 1 aliphatic heterocycles. The molecule has 6 heteroatoms. The predicted octanol–water partition coefficient (Wildman–Crippen LogP) is 0.0573. The van der Waals surface area contributed by atoms with E-state index in [1.807, 2.05) is 7.05 Å². The van der Waals surface area contributed by atoms with Gasteiger partial charge in [-0.15, -0.1) is 0 Å². The molecule has 1 aromatic heterocycles. The molecule has 2 rings (SSSR count). The van der Waals surface area contributed by atoms with E-state index in [4.69, 9.17) is 10.5 Å². The van der Waals surface area contributed by atoms with Gasteiger partial charge in [0.05, 0.1) is 12.3 Å². The van der Waals surface area contributed by atoms with Gasteiger partial charge >= 0.3 is 0 Å². The molecule has 0 aliphatic carbocycles. The first-order valence-corrected chi connectivity index (χ1v) is 6.17. The molecular formula is C12H20N4O2. The number of rotatable bonds is 3. The van der Waals surface area contributed by atoms with E-state index in [2.05, 4.69) is 5.10 Å². The van der Waals surface area contributed by atoms with Gasteiger partial charge in [-0.3, -0.25) is 9.48 Å². The molecule has 1 fully saturated rings. The van der Waals surface area contributed by atoms with Gasteiger partial charge in [0, 0.05) is 39.0 Å². The Kier molecular flexibility index (Phi) is 3.98. The molecule has 0 saturated carbocycles. The van der Waals surface area contributed by atoms with Crippen LogP contribution in [0.4, 0.5) is 0 Å². The van der Waals surface area contributed by atoms with Crippen molar-refractivity contribution >= 4 is 5.91 Å². The molecule has 0 spiro atoms. The van der Waals surface area contributed by atoms with E-state index in [1.165, 1.54) is 0 Å². The Labute approximate surface area is 107 Å². The topological polar surface area (TPSA) is 73.4 Å². The third kappa shape index (κ3) is 2.70. The Morgan fingerprint density at radius 3 is 3.06 bits per heavy atom. The molecule has 1 saturated heterocycles. The smallest absolute Gasteiger partial charge is 0.244 e. The minimum absolute atomic E-state index is 0.0512. The molecule has 6 nitrogen and oxygen atoms in total. The zero-order valence-electron chi connectivity index (χ0n) is 10.9. The van der Waals surface area contributed by atoms with Crippen LogP contribution in [0.1, 0.15) is 24.4 Å². The standard InChI is InChI=1S/C12H20N4O2/c1-15-7-9(6-14-15)11(13)12(17)16-5-3-4-10(8-16)18-2/h6-7,10-11H,3-5,8,13H2,1-2H3. The van der Waals surface area contributed by atoms with Crippen molar-refractivity contribution in [3.8, 4) is 0 Å². The van der Waals surface area contributed by atoms with Crippen LogP contribution in [0.15, 0.2) is 12.4 Å². The monoisotopic (exact) mass is 252 g/mol. The Hall–Kier alpha value is -1.40. The number of hydrogen-bond donors (Lipinski definition) is 1. The number of aryl methyl sites for hydroxylation is 1. The summed E-state index contributed by atoms with van der Waals surface area (Å²) in [5.41, 5.74) is 6.74. The number of piperidine rings is 1. The number of ether oxygens (including phenoxy) is 1. The summed E-state index contributed by atoms with van der Waals surface area (Å²) in [4.78, 5) is 14.1. The second-order valence-corrected chi connectivity index (χ2v) is 4.71. The van der Waals surface area contributed by atoms with Gasteiger partial charge in [0.15, 0.2) is 0 Å². The highest BCUT2D eigenvalue weighted by molar-refractivity contribution is 5.83. The summed E-state index contributed by atoms with van der Waals surface area (Å²) in [6.07, 6.45) is 5.51. The fourth-order valence-electron chi connectivity index (χ4n) is 2.27. The second kappa shape index (κ2) is 5.49. The lowest BCUT2D eigenvalue weighted by Gasteiger charge is -2.33. The quantitative estimate of drug-likeness (QED) is 0.825. The molecule has 0 aromatic carbocycles. The van der Waals surface area contributed by atoms with Crippen molar-refractivity contribution in [1.82, 2.24) is 14.7 Å². The number of aromatic nitrogens is 2. The summed E-state index contributed by atoms with van der Waals surface area (Å²) in [6.45, 7) is 1.38. The third-order valence-corrected chi connectivity index (χ3v) is 3.37. The summed E-state index contributed by atoms with van der Waals surface area (Å²) in [5.74, 6) is -0.0512. The van der Waals surface area contributed by atoms with Crippen LogP contribution in [0.2, 0.25) is 0 Å². The minimum Gasteiger partial charge on any atom is -0.380 e. The highest BCUT2D eigenvalue weighted by Crippen LogP contribution is 2.18. The van der Waals surface area contributed by atoms with E-state index in [0.29, 0.717) is 6.54 Å². The molecule has 1 amide bonds. The van der Waals surface area contributed by atoms with Gasteiger partial charge in [-0.25, -0.2) is 0 Å². The molecule has 0 bridgehead atoms. The maximum Gasteiger partial charge on any atom is 0.244 e. The average molecular weight is 252 g/mol. The summed E-state index contributed by atoms with van der Waals surface area (Å²) >= 11 is 0. The van der Waals surface area contributed by atoms with Crippen LogP contribution in [0.3, 0.4) is 0 Å². The van der Waals surface area contributed by atoms with Gasteiger partial charge < -0.3 is 15.4 Å². The highest BCUT2D eigenvalue weighted by atomic mass is 16.5. The van der Waals surface area contributed by atoms with E-state index < -0.39 is 6.04 Å². The summed E-state index contributed by atoms with van der Waals surface area (Å²) in [6, 6.07) is -0.630. The van der Waals surface area contributed by atoms with E-state index in [9.17, 15) is 4.79 Å². The van der Waals surface area contributed by atoms with Crippen molar-refractivity contribution in [2.24, 2.45) is 12.8 Å². The molecule has 0 radical (unpaired) electrons. The number of likely N-dealkylation sites (tertiary alicyclic amines) is 1. The zero-order chi connectivity index (χ0) is 13.1. The van der Waals surface area contributed by atoms with Crippen LogP contribution < -0.4 is 5.73 Å². The minimum atomic E-state index is -0.630. The van der Waals surface area contributed by atoms with Crippen LogP contribution in [0.5, 0.6) is 0 Å². The number of methoxy groups -OCH3 is 1. The van der Waals surface area contributed by atoms with Crippen molar-refractivity contribution in [2.45, 2.75) is 25.0 Å². The van der Waals surface area contributed by atoms with Crippen molar-refractivity contribution in [1.29, 1.82) is 0 Å². The molecule has 100 valence electrons. The number of hydrogen-bond acceptors (Lipinski definition) is 4. The average Bonchev–Trinajstić information content (AvgIpc) is 2.83. The SMILES string of the molecule is COC1CCCN(C(=O)C(N)c2cnn(C)c2)C1. The number of carbonyl (C=O) groups is 1. The fraction of sp³-hybridized carbons (Fsp3) is 0.667. The van der Waals surface area contributed by atoms with Crippen LogP contribution in [-0.4, -0.2) is 46.9 Å². The van der Waals surface area contributed by atoms with Gasteiger partial charge in [-0.05, 0) is 12.8 Å². The number of nitrogens with zero attached hydrogens (tertiary/aromatic N) is 3. The van der Waals surface area contributed by atoms with Gasteiger partial charge in [-0.2, -0.15) is 5.10 Å². The number of nitrogens with two attached hydrogens (primary N) is 1. The molecule has 1 aliphatic rings. The number of amides is 1. The van der Waals surface area contributed by atoms with Gasteiger partial charge in [0.25, 0.3) is 0 Å². The largest absolute Gasteiger partial charge is 0.380 e. The molecule has 2 atom stereocenters. The first-order valence-electron chi connectivity index (χ1n) is 6.17. The normalized spacial score (nSPS) is 21.9. The van der Waals surface area contributed by atoms with Crippen molar-refractivity contribution in [3.05, 3.63) is 18.0 Å². The molecule has 2 N–H and O–H groups in total. The summed E-state index contributed by atoms with van der Waals surface area (Å²) in [7, 11) is 3.49. The second-order valence-electron chi connectivity index (χ2n) is 4.71. The molecule has 2 heterocycles. The lowest BCUT2D eigenvalue weighted by Crippen LogP contribution is -2.46. The van der Waals surface area contributed by atoms with Crippen LogP contribution in [-0.2, 0) is 16.6 Å². The highest BCUT2D eigenvalue weighted by Gasteiger charge is 2.28. The van der Waals surface area contributed by atoms with E-state index in [-0.39, 0.29) is 12.0 Å². The van der Waals surface area contributed by atoms with Crippen LogP contribution >= 0.6 is 0 Å².